The SMILES string of the molecule is Cl.Fc1ccc(CN2CCC3CCC(C2)N3)c(Cl)c1Cl. The van der Waals surface area contributed by atoms with Crippen molar-refractivity contribution < 1.29 is 4.39 Å². The molecule has 2 fully saturated rings. The van der Waals surface area contributed by atoms with E-state index in [1.54, 1.807) is 6.07 Å². The van der Waals surface area contributed by atoms with Gasteiger partial charge in [0.15, 0.2) is 0 Å². The molecule has 1 aromatic carbocycles. The molecule has 2 bridgehead atoms. The summed E-state index contributed by atoms with van der Waals surface area (Å²) in [6.45, 7) is 2.82. The van der Waals surface area contributed by atoms with Crippen LogP contribution in [0.1, 0.15) is 24.8 Å². The number of likely N-dealkylation sites (tertiary alicyclic amines) is 1. The summed E-state index contributed by atoms with van der Waals surface area (Å²) in [6, 6.07) is 4.38. The smallest absolute Gasteiger partial charge is 0.143 e. The third-order valence-corrected chi connectivity index (χ3v) is 5.01. The standard InChI is InChI=1S/C14H17Cl2FN2.ClH/c15-13-9(1-4-12(17)14(13)16)7-19-6-5-10-2-3-11(8-19)18-10;/h1,4,10-11,18H,2-3,5-8H2;1H. The maximum absolute atomic E-state index is 13.3. The van der Waals surface area contributed by atoms with E-state index in [9.17, 15) is 4.39 Å². The van der Waals surface area contributed by atoms with E-state index in [2.05, 4.69) is 10.2 Å². The Hall–Kier alpha value is -0.0600. The molecule has 3 rings (SSSR count). The Balaban J connectivity index is 0.00000147. The van der Waals surface area contributed by atoms with Gasteiger partial charge in [0.2, 0.25) is 0 Å². The molecule has 0 radical (unpaired) electrons. The molecular weight excluding hydrogens is 322 g/mol. The maximum Gasteiger partial charge on any atom is 0.143 e. The lowest BCUT2D eigenvalue weighted by Crippen LogP contribution is -2.35. The Labute approximate surface area is 135 Å². The largest absolute Gasteiger partial charge is 0.310 e. The molecule has 1 aromatic rings. The zero-order valence-electron chi connectivity index (χ0n) is 11.0. The predicted octanol–water partition coefficient (Wildman–Crippen LogP) is 3.88. The van der Waals surface area contributed by atoms with Gasteiger partial charge in [-0.25, -0.2) is 4.39 Å². The van der Waals surface area contributed by atoms with Gasteiger partial charge in [-0.3, -0.25) is 4.90 Å². The summed E-state index contributed by atoms with van der Waals surface area (Å²) in [5, 5.41) is 4.03. The van der Waals surface area contributed by atoms with Crippen LogP contribution in [0.2, 0.25) is 10.0 Å². The van der Waals surface area contributed by atoms with Gasteiger partial charge in [0.1, 0.15) is 5.82 Å². The zero-order valence-corrected chi connectivity index (χ0v) is 13.4. The molecule has 2 heterocycles. The van der Waals surface area contributed by atoms with Crippen molar-refractivity contribution >= 4 is 35.6 Å². The Morgan fingerprint density at radius 2 is 1.90 bits per heavy atom. The molecule has 0 amide bonds. The molecule has 1 N–H and O–H groups in total. The number of benzene rings is 1. The van der Waals surface area contributed by atoms with Gasteiger partial charge in [-0.15, -0.1) is 12.4 Å². The molecule has 2 aliphatic rings. The lowest BCUT2D eigenvalue weighted by atomic mass is 10.1. The van der Waals surface area contributed by atoms with Gasteiger partial charge in [-0.1, -0.05) is 29.3 Å². The maximum atomic E-state index is 13.3. The van der Waals surface area contributed by atoms with E-state index in [-0.39, 0.29) is 17.4 Å². The number of nitrogens with zero attached hydrogens (tertiary/aromatic N) is 1. The summed E-state index contributed by atoms with van der Waals surface area (Å²) in [7, 11) is 0. The van der Waals surface area contributed by atoms with Gasteiger partial charge in [-0.2, -0.15) is 0 Å². The van der Waals surface area contributed by atoms with Crippen LogP contribution in [0.15, 0.2) is 12.1 Å². The fraction of sp³-hybridized carbons (Fsp3) is 0.571. The molecule has 0 spiro atoms. The molecule has 20 heavy (non-hydrogen) atoms. The molecule has 0 saturated carbocycles. The van der Waals surface area contributed by atoms with Crippen LogP contribution in [-0.2, 0) is 6.54 Å². The van der Waals surface area contributed by atoms with Gasteiger partial charge >= 0.3 is 0 Å². The number of halogens is 4. The monoisotopic (exact) mass is 338 g/mol. The van der Waals surface area contributed by atoms with Crippen LogP contribution in [0.4, 0.5) is 4.39 Å². The van der Waals surface area contributed by atoms with Crippen molar-refractivity contribution in [1.82, 2.24) is 10.2 Å². The fourth-order valence-corrected chi connectivity index (χ4v) is 3.49. The number of fused-ring (bicyclic) bond motifs is 2. The minimum atomic E-state index is -0.452. The van der Waals surface area contributed by atoms with Crippen molar-refractivity contribution in [2.24, 2.45) is 0 Å². The van der Waals surface area contributed by atoms with E-state index < -0.39 is 5.82 Å². The highest BCUT2D eigenvalue weighted by molar-refractivity contribution is 6.42. The number of hydrogen-bond donors (Lipinski definition) is 1. The van der Waals surface area contributed by atoms with E-state index in [0.29, 0.717) is 17.1 Å². The highest BCUT2D eigenvalue weighted by Gasteiger charge is 2.29. The summed E-state index contributed by atoms with van der Waals surface area (Å²) >= 11 is 12.0. The third kappa shape index (κ3) is 3.40. The van der Waals surface area contributed by atoms with E-state index in [4.69, 9.17) is 23.2 Å². The van der Waals surface area contributed by atoms with E-state index in [1.807, 2.05) is 0 Å². The van der Waals surface area contributed by atoms with E-state index >= 15 is 0 Å². The highest BCUT2D eigenvalue weighted by atomic mass is 35.5. The molecular formula is C14H18Cl3FN2. The fourth-order valence-electron chi connectivity index (χ4n) is 3.09. The number of nitrogens with one attached hydrogen (secondary N) is 1. The molecule has 2 aliphatic heterocycles. The average Bonchev–Trinajstić information content (AvgIpc) is 2.73. The summed E-state index contributed by atoms with van der Waals surface area (Å²) < 4.78 is 13.3. The quantitative estimate of drug-likeness (QED) is 0.823. The number of hydrogen-bond acceptors (Lipinski definition) is 2. The summed E-state index contributed by atoms with van der Waals surface area (Å²) in [5.74, 6) is -0.452. The Bertz CT molecular complexity index is 484. The van der Waals surface area contributed by atoms with Crippen molar-refractivity contribution in [2.45, 2.75) is 37.9 Å². The normalized spacial score (nSPS) is 26.1. The van der Waals surface area contributed by atoms with E-state index in [0.717, 1.165) is 25.2 Å². The second-order valence-electron chi connectivity index (χ2n) is 5.50. The number of rotatable bonds is 2. The van der Waals surface area contributed by atoms with Gasteiger partial charge in [0, 0.05) is 31.7 Å². The molecule has 2 nitrogen and oxygen atoms in total. The van der Waals surface area contributed by atoms with Gasteiger partial charge in [0.05, 0.1) is 10.0 Å². The minimum absolute atomic E-state index is 0. The van der Waals surface area contributed by atoms with E-state index in [1.165, 1.54) is 25.3 Å². The van der Waals surface area contributed by atoms with Crippen molar-refractivity contribution in [1.29, 1.82) is 0 Å². The third-order valence-electron chi connectivity index (χ3n) is 4.12. The first-order valence-electron chi connectivity index (χ1n) is 6.74. The van der Waals surface area contributed by atoms with Crippen LogP contribution >= 0.6 is 35.6 Å². The van der Waals surface area contributed by atoms with Crippen molar-refractivity contribution in [3.8, 4) is 0 Å². The minimum Gasteiger partial charge on any atom is -0.310 e. The summed E-state index contributed by atoms with van der Waals surface area (Å²) in [6.07, 6.45) is 3.71. The van der Waals surface area contributed by atoms with Crippen molar-refractivity contribution in [2.75, 3.05) is 13.1 Å². The molecule has 2 unspecified atom stereocenters. The zero-order chi connectivity index (χ0) is 13.4. The molecule has 0 aliphatic carbocycles. The average molecular weight is 340 g/mol. The Kier molecular flexibility index (Phi) is 5.55. The highest BCUT2D eigenvalue weighted by Crippen LogP contribution is 2.30. The lowest BCUT2D eigenvalue weighted by molar-refractivity contribution is 0.251. The first-order valence-corrected chi connectivity index (χ1v) is 7.50. The van der Waals surface area contributed by atoms with Crippen molar-refractivity contribution in [3.05, 3.63) is 33.6 Å². The Morgan fingerprint density at radius 3 is 2.70 bits per heavy atom. The second-order valence-corrected chi connectivity index (χ2v) is 6.25. The van der Waals surface area contributed by atoms with Crippen LogP contribution in [-0.4, -0.2) is 30.1 Å². The van der Waals surface area contributed by atoms with Gasteiger partial charge in [0.25, 0.3) is 0 Å². The van der Waals surface area contributed by atoms with Crippen LogP contribution in [0.25, 0.3) is 0 Å². The van der Waals surface area contributed by atoms with Crippen LogP contribution < -0.4 is 5.32 Å². The summed E-state index contributed by atoms with van der Waals surface area (Å²) in [4.78, 5) is 2.38. The topological polar surface area (TPSA) is 15.3 Å². The molecule has 112 valence electrons. The van der Waals surface area contributed by atoms with Crippen LogP contribution in [0, 0.1) is 5.82 Å². The molecule has 6 heteroatoms. The second kappa shape index (κ2) is 6.80. The van der Waals surface area contributed by atoms with Crippen LogP contribution in [0.3, 0.4) is 0 Å². The van der Waals surface area contributed by atoms with Gasteiger partial charge < -0.3 is 5.32 Å². The first kappa shape index (κ1) is 16.3. The summed E-state index contributed by atoms with van der Waals surface area (Å²) in [5.41, 5.74) is 0.908. The van der Waals surface area contributed by atoms with Crippen LogP contribution in [0.5, 0.6) is 0 Å². The Morgan fingerprint density at radius 1 is 1.15 bits per heavy atom. The lowest BCUT2D eigenvalue weighted by Gasteiger charge is -2.24. The van der Waals surface area contributed by atoms with Gasteiger partial charge in [-0.05, 0) is 30.9 Å². The first-order chi connectivity index (χ1) is 9.13. The predicted molar refractivity (Wildman–Crippen MR) is 83.5 cm³/mol. The van der Waals surface area contributed by atoms with Crippen molar-refractivity contribution in [3.63, 3.8) is 0 Å². The molecule has 0 aromatic heterocycles. The molecule has 2 saturated heterocycles. The molecule has 2 atom stereocenters.